The van der Waals surface area contributed by atoms with Crippen molar-refractivity contribution in [1.82, 2.24) is 29.6 Å². The highest BCUT2D eigenvalue weighted by atomic mass is 32.1. The molecule has 0 radical (unpaired) electrons. The molecule has 4 rings (SSSR count). The van der Waals surface area contributed by atoms with Gasteiger partial charge < -0.3 is 14.5 Å². The third-order valence-corrected chi connectivity index (χ3v) is 6.17. The Morgan fingerprint density at radius 3 is 2.86 bits per heavy atom. The van der Waals surface area contributed by atoms with Crippen LogP contribution >= 0.6 is 11.3 Å². The largest absolute Gasteiger partial charge is 0.347 e. The van der Waals surface area contributed by atoms with E-state index in [1.54, 1.807) is 11.3 Å². The predicted molar refractivity (Wildman–Crippen MR) is 109 cm³/mol. The van der Waals surface area contributed by atoms with Gasteiger partial charge in [0.2, 0.25) is 5.91 Å². The van der Waals surface area contributed by atoms with E-state index < -0.39 is 0 Å². The number of amides is 1. The fraction of sp³-hybridized carbons (Fsp3) is 0.500. The van der Waals surface area contributed by atoms with Gasteiger partial charge in [-0.1, -0.05) is 6.42 Å². The first-order valence-corrected chi connectivity index (χ1v) is 10.7. The summed E-state index contributed by atoms with van der Waals surface area (Å²) in [7, 11) is 0. The van der Waals surface area contributed by atoms with Crippen LogP contribution in [-0.4, -0.2) is 30.2 Å². The van der Waals surface area contributed by atoms with Crippen LogP contribution < -0.4 is 5.32 Å². The number of aryl methyl sites for hydroxylation is 3. The Balaban J connectivity index is 1.43. The van der Waals surface area contributed by atoms with Crippen molar-refractivity contribution in [3.63, 3.8) is 0 Å². The lowest BCUT2D eigenvalue weighted by atomic mass is 10.2. The first-order chi connectivity index (χ1) is 13.5. The summed E-state index contributed by atoms with van der Waals surface area (Å²) < 4.78 is 4.21. The number of thiazole rings is 1. The molecule has 1 N–H and O–H groups in total. The summed E-state index contributed by atoms with van der Waals surface area (Å²) in [5.41, 5.74) is 4.20. The topological polar surface area (TPSA) is 77.6 Å². The van der Waals surface area contributed by atoms with Crippen LogP contribution in [-0.2, 0) is 30.8 Å². The summed E-state index contributed by atoms with van der Waals surface area (Å²) in [5.74, 6) is 1.88. The lowest BCUT2D eigenvalue weighted by Crippen LogP contribution is -2.29. The standard InChI is InChI=1S/C20H26N6OS/c1-13-9-16(17-12-28-15(3)22-17)14(2)26(13)11-20(27)21-10-19-24-23-18-7-5-4-6-8-25(18)19/h9,12H,4-8,10-11H2,1-3H3,(H,21,27). The Kier molecular flexibility index (Phi) is 5.30. The average molecular weight is 399 g/mol. The van der Waals surface area contributed by atoms with Crippen LogP contribution in [0.1, 0.15) is 47.3 Å². The van der Waals surface area contributed by atoms with E-state index >= 15 is 0 Å². The van der Waals surface area contributed by atoms with Gasteiger partial charge in [0.15, 0.2) is 5.82 Å². The van der Waals surface area contributed by atoms with Crippen molar-refractivity contribution in [2.45, 2.75) is 66.1 Å². The second-order valence-electron chi connectivity index (χ2n) is 7.39. The maximum Gasteiger partial charge on any atom is 0.240 e. The zero-order chi connectivity index (χ0) is 19.7. The molecule has 4 heterocycles. The molecule has 0 aliphatic carbocycles. The van der Waals surface area contributed by atoms with E-state index in [2.05, 4.69) is 36.5 Å². The van der Waals surface area contributed by atoms with Crippen molar-refractivity contribution in [3.05, 3.63) is 39.5 Å². The van der Waals surface area contributed by atoms with Crippen molar-refractivity contribution in [2.75, 3.05) is 0 Å². The van der Waals surface area contributed by atoms with E-state index in [-0.39, 0.29) is 5.91 Å². The molecule has 7 nitrogen and oxygen atoms in total. The van der Waals surface area contributed by atoms with Gasteiger partial charge in [-0.05, 0) is 39.7 Å². The number of nitrogens with zero attached hydrogens (tertiary/aromatic N) is 5. The van der Waals surface area contributed by atoms with Crippen molar-refractivity contribution in [1.29, 1.82) is 0 Å². The summed E-state index contributed by atoms with van der Waals surface area (Å²) in [6, 6.07) is 2.11. The number of hydrogen-bond donors (Lipinski definition) is 1. The van der Waals surface area contributed by atoms with Gasteiger partial charge in [0, 0.05) is 35.3 Å². The lowest BCUT2D eigenvalue weighted by Gasteiger charge is -2.11. The van der Waals surface area contributed by atoms with E-state index in [0.29, 0.717) is 13.1 Å². The van der Waals surface area contributed by atoms with Crippen molar-refractivity contribution in [2.24, 2.45) is 0 Å². The minimum atomic E-state index is -0.0196. The molecule has 1 aliphatic heterocycles. The summed E-state index contributed by atoms with van der Waals surface area (Å²) in [4.78, 5) is 17.2. The number of rotatable bonds is 5. The molecule has 0 spiro atoms. The lowest BCUT2D eigenvalue weighted by molar-refractivity contribution is -0.121. The van der Waals surface area contributed by atoms with Crippen LogP contribution in [0.15, 0.2) is 11.4 Å². The number of carbonyl (C=O) groups is 1. The second-order valence-corrected chi connectivity index (χ2v) is 8.46. The molecule has 0 atom stereocenters. The Hall–Kier alpha value is -2.48. The van der Waals surface area contributed by atoms with Crippen LogP contribution in [0, 0.1) is 20.8 Å². The van der Waals surface area contributed by atoms with Crippen molar-refractivity contribution >= 4 is 17.2 Å². The van der Waals surface area contributed by atoms with Crippen LogP contribution in [0.4, 0.5) is 0 Å². The normalized spacial score (nSPS) is 14.0. The van der Waals surface area contributed by atoms with Crippen molar-refractivity contribution < 1.29 is 4.79 Å². The molecule has 0 aromatic carbocycles. The predicted octanol–water partition coefficient (Wildman–Crippen LogP) is 3.17. The smallest absolute Gasteiger partial charge is 0.240 e. The Bertz CT molecular complexity index is 999. The molecule has 0 saturated carbocycles. The quantitative estimate of drug-likeness (QED) is 0.716. The Morgan fingerprint density at radius 1 is 1.21 bits per heavy atom. The molecule has 1 amide bonds. The molecular formula is C20H26N6OS. The molecule has 0 saturated heterocycles. The van der Waals surface area contributed by atoms with Crippen molar-refractivity contribution in [3.8, 4) is 11.3 Å². The van der Waals surface area contributed by atoms with Crippen LogP contribution in [0.25, 0.3) is 11.3 Å². The molecule has 0 unspecified atom stereocenters. The minimum Gasteiger partial charge on any atom is -0.347 e. The summed E-state index contributed by atoms with van der Waals surface area (Å²) in [6.45, 7) is 7.74. The molecule has 28 heavy (non-hydrogen) atoms. The Morgan fingerprint density at radius 2 is 2.07 bits per heavy atom. The van der Waals surface area contributed by atoms with Gasteiger partial charge in [-0.15, -0.1) is 21.5 Å². The van der Waals surface area contributed by atoms with Crippen LogP contribution in [0.5, 0.6) is 0 Å². The number of fused-ring (bicyclic) bond motifs is 1. The third-order valence-electron chi connectivity index (χ3n) is 5.40. The zero-order valence-corrected chi connectivity index (χ0v) is 17.5. The Labute approximate surface area is 168 Å². The molecule has 3 aromatic heterocycles. The SMILES string of the molecule is Cc1nc(-c2cc(C)n(CC(=O)NCc3nnc4n3CCCCC4)c2C)cs1. The monoisotopic (exact) mass is 398 g/mol. The molecule has 3 aromatic rings. The maximum absolute atomic E-state index is 12.6. The highest BCUT2D eigenvalue weighted by Gasteiger charge is 2.17. The van der Waals surface area contributed by atoms with Gasteiger partial charge in [-0.25, -0.2) is 4.98 Å². The van der Waals surface area contributed by atoms with E-state index in [1.165, 1.54) is 6.42 Å². The highest BCUT2D eigenvalue weighted by molar-refractivity contribution is 7.09. The summed E-state index contributed by atoms with van der Waals surface area (Å²) in [6.07, 6.45) is 4.51. The fourth-order valence-corrected chi connectivity index (χ4v) is 4.46. The van der Waals surface area contributed by atoms with Gasteiger partial charge >= 0.3 is 0 Å². The van der Waals surface area contributed by atoms with Gasteiger partial charge in [-0.3, -0.25) is 4.79 Å². The van der Waals surface area contributed by atoms with Gasteiger partial charge in [0.1, 0.15) is 12.4 Å². The fourth-order valence-electron chi connectivity index (χ4n) is 3.84. The highest BCUT2D eigenvalue weighted by Crippen LogP contribution is 2.27. The minimum absolute atomic E-state index is 0.0196. The number of carbonyl (C=O) groups excluding carboxylic acids is 1. The number of nitrogens with one attached hydrogen (secondary N) is 1. The van der Waals surface area contributed by atoms with Crippen LogP contribution in [0.3, 0.4) is 0 Å². The van der Waals surface area contributed by atoms with Crippen LogP contribution in [0.2, 0.25) is 0 Å². The summed E-state index contributed by atoms with van der Waals surface area (Å²) in [5, 5.41) is 14.7. The maximum atomic E-state index is 12.6. The molecule has 8 heteroatoms. The molecule has 0 fully saturated rings. The zero-order valence-electron chi connectivity index (χ0n) is 16.7. The van der Waals surface area contributed by atoms with Gasteiger partial charge in [-0.2, -0.15) is 0 Å². The number of aromatic nitrogens is 5. The molecule has 0 bridgehead atoms. The van der Waals surface area contributed by atoms with E-state index in [9.17, 15) is 4.79 Å². The molecule has 1 aliphatic rings. The van der Waals surface area contributed by atoms with Gasteiger partial charge in [0.05, 0.1) is 17.2 Å². The average Bonchev–Trinajstić information content (AvgIpc) is 3.28. The molecular weight excluding hydrogens is 372 g/mol. The summed E-state index contributed by atoms with van der Waals surface area (Å²) >= 11 is 1.64. The number of hydrogen-bond acceptors (Lipinski definition) is 5. The molecule has 148 valence electrons. The third kappa shape index (κ3) is 3.73. The van der Waals surface area contributed by atoms with Gasteiger partial charge in [0.25, 0.3) is 0 Å². The van der Waals surface area contributed by atoms with E-state index in [4.69, 9.17) is 0 Å². The first kappa shape index (κ1) is 18.9. The first-order valence-electron chi connectivity index (χ1n) is 9.80. The van der Waals surface area contributed by atoms with E-state index in [1.807, 2.05) is 25.3 Å². The van der Waals surface area contributed by atoms with E-state index in [0.717, 1.165) is 65.1 Å². The second kappa shape index (κ2) is 7.87.